The van der Waals surface area contributed by atoms with Gasteiger partial charge in [0.2, 0.25) is 0 Å². The first kappa shape index (κ1) is 58.4. The molecule has 0 fully saturated rings. The molecule has 0 atom stereocenters. The van der Waals surface area contributed by atoms with Crippen LogP contribution in [0, 0.1) is 57.5 Å². The number of hydrogen-bond donors (Lipinski definition) is 0. The van der Waals surface area contributed by atoms with E-state index in [2.05, 4.69) is 50.5 Å². The number of rotatable bonds is 0. The van der Waals surface area contributed by atoms with Crippen LogP contribution in [0.1, 0.15) is 7.43 Å². The largest absolute Gasteiger partial charge is 6.00 e. The molecule has 9 heteroatoms. The number of nitrogens with zero attached hydrogens (tertiary/aromatic N) is 4. The maximum absolute atomic E-state index is 7.13. The minimum Gasteiger partial charge on any atom is -0.696 e. The summed E-state index contributed by atoms with van der Waals surface area (Å²) < 4.78 is 0. The third-order valence-electron chi connectivity index (χ3n) is 0. The molecular formula is C7H10CrN4S4. The van der Waals surface area contributed by atoms with Gasteiger partial charge in [0, 0.05) is 0 Å². The zero-order valence-electron chi connectivity index (χ0n) is 7.83. The molecule has 0 amide bonds. The molecule has 0 radical (unpaired) electrons. The van der Waals surface area contributed by atoms with Gasteiger partial charge in [-0.2, -0.15) is 0 Å². The van der Waals surface area contributed by atoms with Gasteiger partial charge in [0.05, 0.1) is 0 Å². The first-order valence-corrected chi connectivity index (χ1v) is 3.34. The van der Waals surface area contributed by atoms with E-state index < -0.39 is 0 Å². The van der Waals surface area contributed by atoms with Gasteiger partial charge >= 0.3 is 17.4 Å². The summed E-state index contributed by atoms with van der Waals surface area (Å²) >= 11 is 14.8. The molecule has 0 aromatic carbocycles. The van der Waals surface area contributed by atoms with Crippen molar-refractivity contribution in [2.75, 3.05) is 0 Å². The summed E-state index contributed by atoms with van der Waals surface area (Å²) in [5.74, 6) is 0. The molecule has 0 aromatic heterocycles. The second-order valence-corrected chi connectivity index (χ2v) is 1.10. The van der Waals surface area contributed by atoms with Gasteiger partial charge in [-0.25, -0.2) is 21.0 Å². The van der Waals surface area contributed by atoms with Crippen LogP contribution >= 0.6 is 0 Å². The summed E-state index contributed by atoms with van der Waals surface area (Å²) in [4.78, 5) is 0. The SMILES string of the molecule is C.N#C[S-].N#C[S-].N#C[S-].N#C[S-].[CH3-].[CH3-].[Cr+6]. The van der Waals surface area contributed by atoms with Crippen molar-refractivity contribution in [3.05, 3.63) is 14.9 Å². The molecule has 0 saturated heterocycles. The molecule has 4 nitrogen and oxygen atoms in total. The number of hydrogen-bond acceptors (Lipinski definition) is 8. The van der Waals surface area contributed by atoms with Crippen molar-refractivity contribution in [2.24, 2.45) is 0 Å². The van der Waals surface area contributed by atoms with Gasteiger partial charge in [0.15, 0.2) is 0 Å². The van der Waals surface area contributed by atoms with Gasteiger partial charge in [-0.05, 0) is 0 Å². The van der Waals surface area contributed by atoms with E-state index in [0.29, 0.717) is 0 Å². The fourth-order valence-corrected chi connectivity index (χ4v) is 0. The van der Waals surface area contributed by atoms with Crippen molar-refractivity contribution in [3.8, 4) is 21.6 Å². The molecule has 0 N–H and O–H groups in total. The third kappa shape index (κ3) is 5200. The summed E-state index contributed by atoms with van der Waals surface area (Å²) in [6.45, 7) is 0. The maximum atomic E-state index is 7.13. The van der Waals surface area contributed by atoms with Crippen LogP contribution in [0.5, 0.6) is 0 Å². The molecule has 0 aromatic rings. The predicted octanol–water partition coefficient (Wildman–Crippen LogP) is 1.59. The van der Waals surface area contributed by atoms with Gasteiger partial charge in [-0.15, -0.1) is 0 Å². The Balaban J connectivity index is -0.00000000821. The Morgan fingerprint density at radius 2 is 0.562 bits per heavy atom. The van der Waals surface area contributed by atoms with Crippen LogP contribution in [0.4, 0.5) is 0 Å². The van der Waals surface area contributed by atoms with E-state index in [4.69, 9.17) is 21.0 Å². The summed E-state index contributed by atoms with van der Waals surface area (Å²) in [6, 6.07) is 0. The van der Waals surface area contributed by atoms with Crippen molar-refractivity contribution >= 4 is 50.5 Å². The zero-order valence-corrected chi connectivity index (χ0v) is 12.4. The molecule has 0 bridgehead atoms. The van der Waals surface area contributed by atoms with Gasteiger partial charge in [-0.1, -0.05) is 29.0 Å². The Labute approximate surface area is 132 Å². The molecule has 0 aliphatic carbocycles. The summed E-state index contributed by atoms with van der Waals surface area (Å²) in [5, 5.41) is 33.9. The molecule has 0 aliphatic rings. The second-order valence-electron chi connectivity index (χ2n) is 0.365. The predicted molar refractivity (Wildman–Crippen MR) is 71.5 cm³/mol. The van der Waals surface area contributed by atoms with Crippen molar-refractivity contribution < 1.29 is 17.4 Å². The van der Waals surface area contributed by atoms with Crippen LogP contribution in [0.2, 0.25) is 0 Å². The van der Waals surface area contributed by atoms with Crippen LogP contribution in [0.3, 0.4) is 0 Å². The van der Waals surface area contributed by atoms with Crippen LogP contribution < -0.4 is 0 Å². The molecule has 0 aliphatic heterocycles. The topological polar surface area (TPSA) is 95.2 Å². The molecule has 16 heavy (non-hydrogen) atoms. The van der Waals surface area contributed by atoms with Crippen LogP contribution in [-0.4, -0.2) is 0 Å². The normalized spacial score (nSPS) is 1.75. The van der Waals surface area contributed by atoms with E-state index in [1.165, 1.54) is 21.6 Å². The molecule has 0 spiro atoms. The Hall–Kier alpha value is -0.628. The van der Waals surface area contributed by atoms with E-state index in [1.54, 1.807) is 0 Å². The van der Waals surface area contributed by atoms with Crippen molar-refractivity contribution in [2.45, 2.75) is 7.43 Å². The van der Waals surface area contributed by atoms with Crippen molar-refractivity contribution in [1.29, 1.82) is 21.0 Å². The van der Waals surface area contributed by atoms with Gasteiger partial charge in [0.25, 0.3) is 0 Å². The minimum atomic E-state index is 0. The van der Waals surface area contributed by atoms with E-state index in [0.717, 1.165) is 0 Å². The summed E-state index contributed by atoms with van der Waals surface area (Å²) in [7, 11) is 0. The fourth-order valence-electron chi connectivity index (χ4n) is 0. The van der Waals surface area contributed by atoms with Crippen LogP contribution in [0.25, 0.3) is 0 Å². The molecule has 0 unspecified atom stereocenters. The van der Waals surface area contributed by atoms with E-state index in [9.17, 15) is 0 Å². The Kier molecular flexibility index (Phi) is 825. The summed E-state index contributed by atoms with van der Waals surface area (Å²) in [6.07, 6.45) is 0. The zero-order chi connectivity index (χ0) is 10.8. The average Bonchev–Trinajstić information content (AvgIpc) is 1.92. The quantitative estimate of drug-likeness (QED) is 0.375. The smallest absolute Gasteiger partial charge is 0.696 e. The van der Waals surface area contributed by atoms with Crippen molar-refractivity contribution in [3.63, 3.8) is 0 Å². The molecule has 0 heterocycles. The van der Waals surface area contributed by atoms with E-state index >= 15 is 0 Å². The monoisotopic (exact) mass is 330 g/mol. The second kappa shape index (κ2) is 226. The first-order valence-electron chi connectivity index (χ1n) is 1.71. The van der Waals surface area contributed by atoms with Crippen LogP contribution in [0.15, 0.2) is 0 Å². The van der Waals surface area contributed by atoms with Gasteiger partial charge in [-0.3, -0.25) is 0 Å². The molecule has 0 saturated carbocycles. The standard InChI is InChI=1S/4CHNS.CH4.2CH3.Cr/c4*2-1-3;;;;/h4*3H;1H4;2*1H3;/q;;;;;2*-1;+6/p-4. The third-order valence-corrected chi connectivity index (χ3v) is 0. The number of thiocyanates is 4. The average molecular weight is 330 g/mol. The van der Waals surface area contributed by atoms with Crippen LogP contribution in [-0.2, 0) is 67.9 Å². The Morgan fingerprint density at radius 1 is 0.562 bits per heavy atom. The van der Waals surface area contributed by atoms with E-state index in [-0.39, 0.29) is 39.6 Å². The molecule has 88 valence electrons. The van der Waals surface area contributed by atoms with Crippen molar-refractivity contribution in [1.82, 2.24) is 0 Å². The van der Waals surface area contributed by atoms with E-state index in [1.807, 2.05) is 0 Å². The maximum Gasteiger partial charge on any atom is 6.00 e. The number of nitriles is 4. The molecular weight excluding hydrogens is 320 g/mol. The first-order chi connectivity index (χ1) is 5.66. The Bertz CT molecular complexity index is 162. The minimum absolute atomic E-state index is 0. The molecule has 0 rings (SSSR count). The van der Waals surface area contributed by atoms with Gasteiger partial charge in [0.1, 0.15) is 0 Å². The fraction of sp³-hybridized carbons (Fsp3) is 0.143. The Morgan fingerprint density at radius 3 is 0.562 bits per heavy atom. The van der Waals surface area contributed by atoms with Gasteiger partial charge < -0.3 is 65.4 Å². The summed E-state index contributed by atoms with van der Waals surface area (Å²) in [5.41, 5.74) is 0.